The number of carboxylic acids is 1. The maximum atomic E-state index is 12.4. The van der Waals surface area contributed by atoms with E-state index in [0.717, 1.165) is 0 Å². The molecule has 0 unspecified atom stereocenters. The first-order valence-corrected chi connectivity index (χ1v) is 9.40. The molecule has 1 aliphatic rings. The van der Waals surface area contributed by atoms with E-state index in [9.17, 15) is 14.9 Å². The molecule has 7 nitrogen and oxygen atoms in total. The maximum Gasteiger partial charge on any atom is 0.341 e. The highest BCUT2D eigenvalue weighted by molar-refractivity contribution is 14.1. The van der Waals surface area contributed by atoms with Crippen LogP contribution in [0.25, 0.3) is 6.08 Å². The van der Waals surface area contributed by atoms with Crippen molar-refractivity contribution in [1.29, 1.82) is 5.26 Å². The number of hydrogen-bond donors (Lipinski definition) is 1. The van der Waals surface area contributed by atoms with E-state index in [2.05, 4.69) is 0 Å². The number of aliphatic carboxylic acids is 1. The molecule has 0 radical (unpaired) electrons. The van der Waals surface area contributed by atoms with E-state index in [-0.39, 0.29) is 11.5 Å². The van der Waals surface area contributed by atoms with Crippen LogP contribution in [-0.4, -0.2) is 54.8 Å². The van der Waals surface area contributed by atoms with Crippen LogP contribution < -0.4 is 4.74 Å². The third-order valence-electron chi connectivity index (χ3n) is 3.32. The summed E-state index contributed by atoms with van der Waals surface area (Å²) in [6, 6.07) is 5.44. The van der Waals surface area contributed by atoms with E-state index in [4.69, 9.17) is 14.6 Å². The second-order valence-electron chi connectivity index (χ2n) is 5.07. The van der Waals surface area contributed by atoms with Crippen LogP contribution >= 0.6 is 45.2 Å². The van der Waals surface area contributed by atoms with Gasteiger partial charge in [0.25, 0.3) is 5.91 Å². The van der Waals surface area contributed by atoms with Crippen molar-refractivity contribution >= 4 is 63.1 Å². The molecule has 0 aliphatic carbocycles. The molecule has 0 spiro atoms. The van der Waals surface area contributed by atoms with E-state index in [1.807, 2.05) is 51.3 Å². The van der Waals surface area contributed by atoms with Gasteiger partial charge in [0.15, 0.2) is 6.61 Å². The summed E-state index contributed by atoms with van der Waals surface area (Å²) in [6.45, 7) is 1.44. The lowest BCUT2D eigenvalue weighted by molar-refractivity contribution is -0.139. The molecule has 1 N–H and O–H groups in total. The van der Waals surface area contributed by atoms with Gasteiger partial charge in [0.05, 0.1) is 20.4 Å². The molecule has 1 aromatic rings. The van der Waals surface area contributed by atoms with Gasteiger partial charge < -0.3 is 19.5 Å². The van der Waals surface area contributed by atoms with Crippen LogP contribution in [0.3, 0.4) is 0 Å². The zero-order chi connectivity index (χ0) is 18.4. The number of nitriles is 1. The second-order valence-corrected chi connectivity index (χ2v) is 7.39. The van der Waals surface area contributed by atoms with Gasteiger partial charge in [0.2, 0.25) is 0 Å². The van der Waals surface area contributed by atoms with E-state index >= 15 is 0 Å². The summed E-state index contributed by atoms with van der Waals surface area (Å²) < 4.78 is 11.9. The summed E-state index contributed by atoms with van der Waals surface area (Å²) in [5.41, 5.74) is 0.724. The molecule has 1 aromatic carbocycles. The Kier molecular flexibility index (Phi) is 7.45. The fourth-order valence-electron chi connectivity index (χ4n) is 2.18. The number of carboxylic acid groups (broad SMARTS) is 1. The average Bonchev–Trinajstić information content (AvgIpc) is 2.59. The Labute approximate surface area is 171 Å². The molecule has 0 bridgehead atoms. The fourth-order valence-corrected chi connectivity index (χ4v) is 4.31. The monoisotopic (exact) mass is 568 g/mol. The smallest absolute Gasteiger partial charge is 0.341 e. The van der Waals surface area contributed by atoms with Gasteiger partial charge in [0, 0.05) is 13.1 Å². The molecule has 25 heavy (non-hydrogen) atoms. The van der Waals surface area contributed by atoms with Crippen LogP contribution in [0, 0.1) is 18.5 Å². The standard InChI is InChI=1S/C16H14I2N2O5/c17-12-6-10(7-13(18)15(12)25-9-14(21)22)5-11(8-19)16(23)20-1-3-24-4-2-20/h5-7H,1-4,9H2,(H,21,22)/b11-5-. The summed E-state index contributed by atoms with van der Waals surface area (Å²) in [4.78, 5) is 24.7. The second kappa shape index (κ2) is 9.35. The van der Waals surface area contributed by atoms with Crippen molar-refractivity contribution in [2.75, 3.05) is 32.9 Å². The van der Waals surface area contributed by atoms with E-state index in [0.29, 0.717) is 44.8 Å². The highest BCUT2D eigenvalue weighted by Gasteiger charge is 2.21. The van der Waals surface area contributed by atoms with Crippen LogP contribution in [0.4, 0.5) is 0 Å². The molecule has 1 amide bonds. The summed E-state index contributed by atoms with van der Waals surface area (Å²) in [5.74, 6) is -0.903. The Morgan fingerprint density at radius 1 is 1.32 bits per heavy atom. The van der Waals surface area contributed by atoms with Crippen molar-refractivity contribution in [3.05, 3.63) is 30.4 Å². The average molecular weight is 568 g/mol. The van der Waals surface area contributed by atoms with Crippen molar-refractivity contribution in [2.24, 2.45) is 0 Å². The Balaban J connectivity index is 2.24. The minimum absolute atomic E-state index is 0.0488. The molecule has 1 fully saturated rings. The van der Waals surface area contributed by atoms with E-state index < -0.39 is 12.6 Å². The van der Waals surface area contributed by atoms with Crippen LogP contribution in [0.2, 0.25) is 0 Å². The third-order valence-corrected chi connectivity index (χ3v) is 4.92. The molecular formula is C16H14I2N2O5. The molecule has 0 aromatic heterocycles. The number of rotatable bonds is 5. The number of ether oxygens (including phenoxy) is 2. The van der Waals surface area contributed by atoms with Crippen molar-refractivity contribution in [1.82, 2.24) is 4.90 Å². The van der Waals surface area contributed by atoms with Gasteiger partial charge in [-0.3, -0.25) is 4.79 Å². The third kappa shape index (κ3) is 5.55. The minimum Gasteiger partial charge on any atom is -0.480 e. The Hall–Kier alpha value is -1.39. The number of amides is 1. The lowest BCUT2D eigenvalue weighted by Gasteiger charge is -2.26. The van der Waals surface area contributed by atoms with Gasteiger partial charge in [0.1, 0.15) is 17.4 Å². The van der Waals surface area contributed by atoms with Gasteiger partial charge in [-0.2, -0.15) is 5.26 Å². The van der Waals surface area contributed by atoms with Crippen LogP contribution in [-0.2, 0) is 14.3 Å². The number of hydrogen-bond acceptors (Lipinski definition) is 5. The SMILES string of the molecule is N#C/C(=C/c1cc(I)c(OCC(=O)O)c(I)c1)C(=O)N1CCOCC1. The molecule has 2 rings (SSSR count). The summed E-state index contributed by atoms with van der Waals surface area (Å²) in [6.07, 6.45) is 1.53. The van der Waals surface area contributed by atoms with Gasteiger partial charge >= 0.3 is 5.97 Å². The number of carbonyl (C=O) groups excluding carboxylic acids is 1. The predicted octanol–water partition coefficient (Wildman–Crippen LogP) is 2.12. The topological polar surface area (TPSA) is 99.9 Å². The normalized spacial score (nSPS) is 14.8. The highest BCUT2D eigenvalue weighted by Crippen LogP contribution is 2.30. The largest absolute Gasteiger partial charge is 0.480 e. The molecule has 0 saturated carbocycles. The number of morpholine rings is 1. The van der Waals surface area contributed by atoms with E-state index in [1.54, 1.807) is 17.0 Å². The van der Waals surface area contributed by atoms with Crippen LogP contribution in [0.1, 0.15) is 5.56 Å². The molecule has 9 heteroatoms. The van der Waals surface area contributed by atoms with Crippen molar-refractivity contribution in [3.63, 3.8) is 0 Å². The lowest BCUT2D eigenvalue weighted by atomic mass is 10.1. The maximum absolute atomic E-state index is 12.4. The molecule has 1 saturated heterocycles. The number of carbonyl (C=O) groups is 2. The first-order valence-electron chi connectivity index (χ1n) is 7.25. The van der Waals surface area contributed by atoms with E-state index in [1.165, 1.54) is 6.08 Å². The Morgan fingerprint density at radius 3 is 2.44 bits per heavy atom. The van der Waals surface area contributed by atoms with Crippen molar-refractivity contribution in [2.45, 2.75) is 0 Å². The van der Waals surface area contributed by atoms with Gasteiger partial charge in [-0.15, -0.1) is 0 Å². The molecule has 1 heterocycles. The number of nitrogens with zero attached hydrogens (tertiary/aromatic N) is 2. The fraction of sp³-hybridized carbons (Fsp3) is 0.312. The molecular weight excluding hydrogens is 554 g/mol. The van der Waals surface area contributed by atoms with Gasteiger partial charge in [-0.1, -0.05) is 0 Å². The van der Waals surface area contributed by atoms with Crippen molar-refractivity contribution in [3.8, 4) is 11.8 Å². The van der Waals surface area contributed by atoms with Gasteiger partial charge in [-0.25, -0.2) is 4.79 Å². The summed E-state index contributed by atoms with van der Waals surface area (Å²) in [7, 11) is 0. The predicted molar refractivity (Wildman–Crippen MR) is 106 cm³/mol. The highest BCUT2D eigenvalue weighted by atomic mass is 127. The van der Waals surface area contributed by atoms with Gasteiger partial charge in [-0.05, 0) is 69.0 Å². The molecule has 0 atom stereocenters. The molecule has 1 aliphatic heterocycles. The zero-order valence-corrected chi connectivity index (χ0v) is 17.3. The first kappa shape index (κ1) is 19.9. The first-order chi connectivity index (χ1) is 11.9. The number of benzene rings is 1. The Bertz CT molecular complexity index is 728. The van der Waals surface area contributed by atoms with Crippen LogP contribution in [0.5, 0.6) is 5.75 Å². The van der Waals surface area contributed by atoms with Crippen molar-refractivity contribution < 1.29 is 24.2 Å². The molecule has 132 valence electrons. The summed E-state index contributed by atoms with van der Waals surface area (Å²) in [5, 5.41) is 18.1. The lowest BCUT2D eigenvalue weighted by Crippen LogP contribution is -2.41. The number of halogens is 2. The quantitative estimate of drug-likeness (QED) is 0.332. The van der Waals surface area contributed by atoms with Crippen LogP contribution in [0.15, 0.2) is 17.7 Å². The Morgan fingerprint density at radius 2 is 1.92 bits per heavy atom. The minimum atomic E-state index is -1.06. The zero-order valence-electron chi connectivity index (χ0n) is 13.0. The summed E-state index contributed by atoms with van der Waals surface area (Å²) >= 11 is 4.06.